The first-order valence-electron chi connectivity index (χ1n) is 6.19. The van der Waals surface area contributed by atoms with Gasteiger partial charge in [0.05, 0.1) is 11.5 Å². The number of carbonyl (C=O) groups is 1. The summed E-state index contributed by atoms with van der Waals surface area (Å²) in [6, 6.07) is 0. The first kappa shape index (κ1) is 14.4. The minimum atomic E-state index is -0.589. The molecular formula is C11H14ClN5O3. The molecular weight excluding hydrogens is 286 g/mol. The van der Waals surface area contributed by atoms with Crippen LogP contribution in [0.4, 0.5) is 11.5 Å². The van der Waals surface area contributed by atoms with Crippen molar-refractivity contribution >= 4 is 29.0 Å². The van der Waals surface area contributed by atoms with Crippen LogP contribution in [0.1, 0.15) is 18.5 Å². The van der Waals surface area contributed by atoms with E-state index < -0.39 is 4.92 Å². The summed E-state index contributed by atoms with van der Waals surface area (Å²) in [4.78, 5) is 31.5. The van der Waals surface area contributed by atoms with E-state index in [1.165, 1.54) is 6.92 Å². The van der Waals surface area contributed by atoms with Crippen molar-refractivity contribution in [3.05, 3.63) is 21.1 Å². The van der Waals surface area contributed by atoms with Crippen molar-refractivity contribution < 1.29 is 9.72 Å². The van der Waals surface area contributed by atoms with Crippen molar-refractivity contribution in [1.82, 2.24) is 14.9 Å². The van der Waals surface area contributed by atoms with Crippen molar-refractivity contribution in [2.75, 3.05) is 25.0 Å². The fraction of sp³-hybridized carbons (Fsp3) is 0.545. The second-order valence-corrected chi connectivity index (χ2v) is 4.81. The highest BCUT2D eigenvalue weighted by molar-refractivity contribution is 6.28. The van der Waals surface area contributed by atoms with Crippen LogP contribution in [0, 0.1) is 17.0 Å². The predicted octanol–water partition coefficient (Wildman–Crippen LogP) is 1.38. The molecule has 8 nitrogen and oxygen atoms in total. The fourth-order valence-corrected chi connectivity index (χ4v) is 2.32. The normalized spacial score (nSPS) is 14.4. The molecule has 20 heavy (non-hydrogen) atoms. The van der Waals surface area contributed by atoms with Gasteiger partial charge in [0.1, 0.15) is 5.69 Å². The highest BCUT2D eigenvalue weighted by Gasteiger charge is 2.23. The molecule has 0 atom stereocenters. The molecule has 2 rings (SSSR count). The molecule has 1 aliphatic heterocycles. The number of halogens is 1. The molecule has 1 aromatic heterocycles. The number of nitro groups is 1. The van der Waals surface area contributed by atoms with Crippen LogP contribution >= 0.6 is 11.6 Å². The number of hydrogen-bond donors (Lipinski definition) is 1. The molecule has 0 radical (unpaired) electrons. The van der Waals surface area contributed by atoms with E-state index in [2.05, 4.69) is 15.3 Å². The highest BCUT2D eigenvalue weighted by atomic mass is 35.5. The van der Waals surface area contributed by atoms with Crippen LogP contribution in [0.2, 0.25) is 5.28 Å². The van der Waals surface area contributed by atoms with Gasteiger partial charge in [-0.15, -0.1) is 0 Å². The number of rotatable bonds is 4. The van der Waals surface area contributed by atoms with E-state index in [4.69, 9.17) is 11.6 Å². The van der Waals surface area contributed by atoms with E-state index in [-0.39, 0.29) is 34.9 Å². The Kier molecular flexibility index (Phi) is 4.33. The zero-order valence-corrected chi connectivity index (χ0v) is 11.7. The summed E-state index contributed by atoms with van der Waals surface area (Å²) < 4.78 is 0. The van der Waals surface area contributed by atoms with Gasteiger partial charge in [-0.1, -0.05) is 0 Å². The number of carbonyl (C=O) groups excluding carboxylic acids is 1. The van der Waals surface area contributed by atoms with Gasteiger partial charge in [0.25, 0.3) is 0 Å². The molecule has 1 fully saturated rings. The Morgan fingerprint density at radius 2 is 2.10 bits per heavy atom. The van der Waals surface area contributed by atoms with Crippen molar-refractivity contribution in [2.24, 2.45) is 0 Å². The predicted molar refractivity (Wildman–Crippen MR) is 72.7 cm³/mol. The number of aromatic nitrogens is 2. The largest absolute Gasteiger partial charge is 0.355 e. The maximum Gasteiger partial charge on any atom is 0.332 e. The van der Waals surface area contributed by atoms with Gasteiger partial charge in [-0.05, 0) is 31.4 Å². The average molecular weight is 300 g/mol. The van der Waals surface area contributed by atoms with Gasteiger partial charge in [-0.25, -0.2) is 4.98 Å². The molecule has 108 valence electrons. The quantitative estimate of drug-likeness (QED) is 0.512. The number of likely N-dealkylation sites (tertiary alicyclic amines) is 1. The molecule has 9 heteroatoms. The molecule has 0 aromatic carbocycles. The minimum absolute atomic E-state index is 0.0277. The average Bonchev–Trinajstić information content (AvgIpc) is 2.88. The smallest absolute Gasteiger partial charge is 0.332 e. The number of nitrogens with zero attached hydrogens (tertiary/aromatic N) is 4. The van der Waals surface area contributed by atoms with Crippen molar-refractivity contribution in [2.45, 2.75) is 19.8 Å². The van der Waals surface area contributed by atoms with E-state index in [1.807, 2.05) is 0 Å². The molecule has 0 spiro atoms. The molecule has 0 bridgehead atoms. The summed E-state index contributed by atoms with van der Waals surface area (Å²) in [6.07, 6.45) is 1.98. The lowest BCUT2D eigenvalue weighted by atomic mass is 10.3. The minimum Gasteiger partial charge on any atom is -0.355 e. The molecule has 2 heterocycles. The van der Waals surface area contributed by atoms with Crippen LogP contribution in [0.3, 0.4) is 0 Å². The van der Waals surface area contributed by atoms with Crippen LogP contribution in [-0.2, 0) is 4.79 Å². The zero-order chi connectivity index (χ0) is 14.7. The standard InChI is InChI=1S/C11H14ClN5O3/c1-7-9(17(19)20)10(15-11(12)14-7)13-6-8(18)16-4-2-3-5-16/h2-6H2,1H3,(H,13,14,15). The van der Waals surface area contributed by atoms with Crippen molar-refractivity contribution in [3.63, 3.8) is 0 Å². The van der Waals surface area contributed by atoms with Gasteiger partial charge in [-0.3, -0.25) is 14.9 Å². The number of amides is 1. The van der Waals surface area contributed by atoms with Gasteiger partial charge in [-0.2, -0.15) is 4.98 Å². The number of nitrogens with one attached hydrogen (secondary N) is 1. The Hall–Kier alpha value is -1.96. The first-order valence-corrected chi connectivity index (χ1v) is 6.57. The zero-order valence-electron chi connectivity index (χ0n) is 10.9. The Morgan fingerprint density at radius 3 is 2.70 bits per heavy atom. The van der Waals surface area contributed by atoms with Gasteiger partial charge in [0.15, 0.2) is 0 Å². The van der Waals surface area contributed by atoms with Crippen LogP contribution in [-0.4, -0.2) is 45.3 Å². The van der Waals surface area contributed by atoms with E-state index in [0.29, 0.717) is 0 Å². The van der Waals surface area contributed by atoms with E-state index in [9.17, 15) is 14.9 Å². The topological polar surface area (TPSA) is 101 Å². The van der Waals surface area contributed by atoms with Crippen LogP contribution in [0.15, 0.2) is 0 Å². The van der Waals surface area contributed by atoms with E-state index >= 15 is 0 Å². The first-order chi connectivity index (χ1) is 9.49. The van der Waals surface area contributed by atoms with Crippen molar-refractivity contribution in [1.29, 1.82) is 0 Å². The molecule has 1 aliphatic rings. The molecule has 1 aromatic rings. The molecule has 1 N–H and O–H groups in total. The van der Waals surface area contributed by atoms with Crippen LogP contribution in [0.5, 0.6) is 0 Å². The summed E-state index contributed by atoms with van der Waals surface area (Å²) in [5.74, 6) is -0.135. The molecule has 0 aliphatic carbocycles. The molecule has 0 unspecified atom stereocenters. The lowest BCUT2D eigenvalue weighted by Crippen LogP contribution is -2.33. The van der Waals surface area contributed by atoms with Gasteiger partial charge >= 0.3 is 5.69 Å². The molecule has 0 saturated carbocycles. The van der Waals surface area contributed by atoms with Gasteiger partial charge in [0, 0.05) is 13.1 Å². The lowest BCUT2D eigenvalue weighted by Gasteiger charge is -2.15. The summed E-state index contributed by atoms with van der Waals surface area (Å²) in [6.45, 7) is 2.88. The molecule has 1 amide bonds. The monoisotopic (exact) mass is 299 g/mol. The SMILES string of the molecule is Cc1nc(Cl)nc(NCC(=O)N2CCCC2)c1[N+](=O)[O-]. The van der Waals surface area contributed by atoms with Crippen LogP contribution < -0.4 is 5.32 Å². The molecule has 1 saturated heterocycles. The van der Waals surface area contributed by atoms with Crippen LogP contribution in [0.25, 0.3) is 0 Å². The Morgan fingerprint density at radius 1 is 1.45 bits per heavy atom. The Balaban J connectivity index is 2.12. The summed E-state index contributed by atoms with van der Waals surface area (Å²) >= 11 is 5.69. The third-order valence-electron chi connectivity index (χ3n) is 3.08. The summed E-state index contributed by atoms with van der Waals surface area (Å²) in [7, 11) is 0. The maximum absolute atomic E-state index is 11.9. The third kappa shape index (κ3) is 3.13. The van der Waals surface area contributed by atoms with Gasteiger partial charge in [0.2, 0.25) is 17.0 Å². The van der Waals surface area contributed by atoms with Gasteiger partial charge < -0.3 is 10.2 Å². The van der Waals surface area contributed by atoms with E-state index in [0.717, 1.165) is 25.9 Å². The number of aryl methyl sites for hydroxylation is 1. The van der Waals surface area contributed by atoms with E-state index in [1.54, 1.807) is 4.90 Å². The van der Waals surface area contributed by atoms with Crippen molar-refractivity contribution in [3.8, 4) is 0 Å². The second-order valence-electron chi connectivity index (χ2n) is 4.47. The fourth-order valence-electron chi connectivity index (χ4n) is 2.11. The Bertz CT molecular complexity index is 545. The maximum atomic E-state index is 11.9. The summed E-state index contributed by atoms with van der Waals surface area (Å²) in [5, 5.41) is 13.6. The lowest BCUT2D eigenvalue weighted by molar-refractivity contribution is -0.385. The number of hydrogen-bond acceptors (Lipinski definition) is 6. The summed E-state index contributed by atoms with van der Waals surface area (Å²) in [5.41, 5.74) is -0.102. The highest BCUT2D eigenvalue weighted by Crippen LogP contribution is 2.26. The second kappa shape index (κ2) is 6.00. The number of anilines is 1. The third-order valence-corrected chi connectivity index (χ3v) is 3.25. The Labute approximate surface area is 120 Å².